The number of hydrogen-bond donors (Lipinski definition) is 2. The highest BCUT2D eigenvalue weighted by molar-refractivity contribution is 5.84. The lowest BCUT2D eigenvalue weighted by atomic mass is 10.5. The molecule has 5 heteroatoms. The molecule has 0 aromatic carbocycles. The van der Waals surface area contributed by atoms with Gasteiger partial charge in [-0.3, -0.25) is 0 Å². The molecule has 0 atom stereocenters. The summed E-state index contributed by atoms with van der Waals surface area (Å²) < 4.78 is 4.95. The van der Waals surface area contributed by atoms with Crippen molar-refractivity contribution in [1.82, 2.24) is 10.3 Å². The van der Waals surface area contributed by atoms with Gasteiger partial charge in [-0.05, 0) is 12.8 Å². The molecule has 1 heterocycles. The highest BCUT2D eigenvalue weighted by atomic mass is 16.4. The van der Waals surface area contributed by atoms with Crippen LogP contribution in [0.25, 0.3) is 0 Å². The van der Waals surface area contributed by atoms with Crippen molar-refractivity contribution < 1.29 is 14.3 Å². The van der Waals surface area contributed by atoms with E-state index in [9.17, 15) is 4.79 Å². The molecule has 13 heavy (non-hydrogen) atoms. The van der Waals surface area contributed by atoms with Crippen LogP contribution in [0.1, 0.15) is 29.2 Å². The zero-order valence-corrected chi connectivity index (χ0v) is 6.99. The van der Waals surface area contributed by atoms with Crippen LogP contribution in [0.5, 0.6) is 0 Å². The molecule has 0 unspecified atom stereocenters. The van der Waals surface area contributed by atoms with Gasteiger partial charge in [-0.2, -0.15) is 0 Å². The highest BCUT2D eigenvalue weighted by Gasteiger charge is 2.21. The van der Waals surface area contributed by atoms with Crippen LogP contribution in [0.2, 0.25) is 0 Å². The normalized spacial score (nSPS) is 16.0. The third-order valence-corrected chi connectivity index (χ3v) is 1.89. The number of carboxylic acids is 1. The molecule has 0 radical (unpaired) electrons. The Bertz CT molecular complexity index is 317. The molecule has 1 aliphatic rings. The average molecular weight is 182 g/mol. The molecule has 1 aromatic heterocycles. The second-order valence-electron chi connectivity index (χ2n) is 3.09. The van der Waals surface area contributed by atoms with E-state index in [0.29, 0.717) is 18.5 Å². The highest BCUT2D eigenvalue weighted by Crippen LogP contribution is 2.19. The summed E-state index contributed by atoms with van der Waals surface area (Å²) in [5, 5.41) is 11.7. The Morgan fingerprint density at radius 2 is 2.54 bits per heavy atom. The van der Waals surface area contributed by atoms with E-state index in [0.717, 1.165) is 6.26 Å². The molecule has 0 spiro atoms. The van der Waals surface area contributed by atoms with Gasteiger partial charge in [0.15, 0.2) is 5.69 Å². The van der Waals surface area contributed by atoms with Crippen molar-refractivity contribution >= 4 is 5.97 Å². The summed E-state index contributed by atoms with van der Waals surface area (Å²) in [7, 11) is 0. The van der Waals surface area contributed by atoms with Gasteiger partial charge < -0.3 is 14.8 Å². The first kappa shape index (κ1) is 8.25. The first-order chi connectivity index (χ1) is 6.25. The Kier molecular flexibility index (Phi) is 2.02. The van der Waals surface area contributed by atoms with Crippen LogP contribution >= 0.6 is 0 Å². The minimum atomic E-state index is -1.05. The van der Waals surface area contributed by atoms with Gasteiger partial charge in [-0.25, -0.2) is 9.78 Å². The number of nitrogens with one attached hydrogen (secondary N) is 1. The average Bonchev–Trinajstić information content (AvgIpc) is 2.79. The zero-order valence-electron chi connectivity index (χ0n) is 6.99. The van der Waals surface area contributed by atoms with Gasteiger partial charge in [0.05, 0.1) is 6.54 Å². The number of carboxylic acid groups (broad SMARTS) is 1. The molecule has 2 rings (SSSR count). The molecule has 1 fully saturated rings. The molecular weight excluding hydrogens is 172 g/mol. The van der Waals surface area contributed by atoms with Crippen molar-refractivity contribution in [3.8, 4) is 0 Å². The van der Waals surface area contributed by atoms with E-state index < -0.39 is 5.97 Å². The Morgan fingerprint density at radius 3 is 3.08 bits per heavy atom. The van der Waals surface area contributed by atoms with Crippen molar-refractivity contribution in [1.29, 1.82) is 0 Å². The maximum absolute atomic E-state index is 10.4. The van der Waals surface area contributed by atoms with Crippen LogP contribution in [0, 0.1) is 0 Å². The smallest absolute Gasteiger partial charge is 0.357 e. The van der Waals surface area contributed by atoms with E-state index in [2.05, 4.69) is 10.3 Å². The molecule has 1 aliphatic carbocycles. The fourth-order valence-electron chi connectivity index (χ4n) is 1.01. The number of aromatic carboxylic acids is 1. The Labute approximate surface area is 74.8 Å². The standard InChI is InChI=1S/C8H10N2O3/c11-8(12)6-4-13-7(10-6)3-9-5-1-2-5/h4-5,9H,1-3H2,(H,11,12). The van der Waals surface area contributed by atoms with Gasteiger partial charge in [0.2, 0.25) is 5.89 Å². The summed E-state index contributed by atoms with van der Waals surface area (Å²) in [6.07, 6.45) is 3.53. The van der Waals surface area contributed by atoms with E-state index in [1.807, 2.05) is 0 Å². The SMILES string of the molecule is O=C(O)c1coc(CNC2CC2)n1. The summed E-state index contributed by atoms with van der Waals surface area (Å²) in [6, 6.07) is 0.570. The number of aromatic nitrogens is 1. The second kappa shape index (κ2) is 3.18. The Morgan fingerprint density at radius 1 is 1.77 bits per heavy atom. The molecule has 2 N–H and O–H groups in total. The zero-order chi connectivity index (χ0) is 9.26. The van der Waals surface area contributed by atoms with E-state index in [1.165, 1.54) is 12.8 Å². The van der Waals surface area contributed by atoms with Crippen molar-refractivity contribution in [2.45, 2.75) is 25.4 Å². The Hall–Kier alpha value is -1.36. The van der Waals surface area contributed by atoms with Crippen molar-refractivity contribution in [3.05, 3.63) is 17.8 Å². The van der Waals surface area contributed by atoms with Gasteiger partial charge in [-0.15, -0.1) is 0 Å². The van der Waals surface area contributed by atoms with Gasteiger partial charge in [0.1, 0.15) is 6.26 Å². The quantitative estimate of drug-likeness (QED) is 0.714. The van der Waals surface area contributed by atoms with Crippen molar-refractivity contribution in [2.24, 2.45) is 0 Å². The molecule has 0 aliphatic heterocycles. The van der Waals surface area contributed by atoms with Crippen molar-refractivity contribution in [3.63, 3.8) is 0 Å². The molecule has 0 saturated heterocycles. The first-order valence-corrected chi connectivity index (χ1v) is 4.17. The lowest BCUT2D eigenvalue weighted by Gasteiger charge is -1.95. The summed E-state index contributed by atoms with van der Waals surface area (Å²) in [5.74, 6) is -0.620. The van der Waals surface area contributed by atoms with Crippen LogP contribution < -0.4 is 5.32 Å². The van der Waals surface area contributed by atoms with Crippen LogP contribution in [-0.4, -0.2) is 22.1 Å². The van der Waals surface area contributed by atoms with Gasteiger partial charge in [0.25, 0.3) is 0 Å². The Balaban J connectivity index is 1.92. The summed E-state index contributed by atoms with van der Waals surface area (Å²) in [4.78, 5) is 14.2. The number of nitrogens with zero attached hydrogens (tertiary/aromatic N) is 1. The maximum atomic E-state index is 10.4. The number of carbonyl (C=O) groups is 1. The summed E-state index contributed by atoms with van der Waals surface area (Å²) in [5.41, 5.74) is -0.0346. The fraction of sp³-hybridized carbons (Fsp3) is 0.500. The minimum Gasteiger partial charge on any atom is -0.476 e. The topological polar surface area (TPSA) is 75.4 Å². The van der Waals surface area contributed by atoms with Gasteiger partial charge >= 0.3 is 5.97 Å². The number of oxazole rings is 1. The number of hydrogen-bond acceptors (Lipinski definition) is 4. The van der Waals surface area contributed by atoms with Crippen LogP contribution in [-0.2, 0) is 6.54 Å². The molecule has 5 nitrogen and oxygen atoms in total. The van der Waals surface area contributed by atoms with E-state index in [1.54, 1.807) is 0 Å². The van der Waals surface area contributed by atoms with Crippen LogP contribution in [0.4, 0.5) is 0 Å². The monoisotopic (exact) mass is 182 g/mol. The molecule has 1 saturated carbocycles. The summed E-state index contributed by atoms with van der Waals surface area (Å²) >= 11 is 0. The molecule has 1 aromatic rings. The largest absolute Gasteiger partial charge is 0.476 e. The fourth-order valence-corrected chi connectivity index (χ4v) is 1.01. The number of rotatable bonds is 4. The molecule has 0 amide bonds. The van der Waals surface area contributed by atoms with Crippen molar-refractivity contribution in [2.75, 3.05) is 0 Å². The van der Waals surface area contributed by atoms with E-state index in [4.69, 9.17) is 9.52 Å². The lowest BCUT2D eigenvalue weighted by Crippen LogP contribution is -2.15. The molecule has 70 valence electrons. The summed E-state index contributed by atoms with van der Waals surface area (Å²) in [6.45, 7) is 0.512. The van der Waals surface area contributed by atoms with Crippen LogP contribution in [0.15, 0.2) is 10.7 Å². The lowest BCUT2D eigenvalue weighted by molar-refractivity contribution is 0.0690. The third kappa shape index (κ3) is 2.06. The van der Waals surface area contributed by atoms with E-state index in [-0.39, 0.29) is 5.69 Å². The molecular formula is C8H10N2O3. The van der Waals surface area contributed by atoms with Gasteiger partial charge in [-0.1, -0.05) is 0 Å². The first-order valence-electron chi connectivity index (χ1n) is 4.17. The van der Waals surface area contributed by atoms with Crippen LogP contribution in [0.3, 0.4) is 0 Å². The second-order valence-corrected chi connectivity index (χ2v) is 3.09. The van der Waals surface area contributed by atoms with E-state index >= 15 is 0 Å². The predicted octanol–water partition coefficient (Wildman–Crippen LogP) is 0.625. The third-order valence-electron chi connectivity index (χ3n) is 1.89. The van der Waals surface area contributed by atoms with Gasteiger partial charge in [0, 0.05) is 6.04 Å². The molecule has 0 bridgehead atoms. The minimum absolute atomic E-state index is 0.0346. The predicted molar refractivity (Wildman–Crippen MR) is 43.3 cm³/mol. The maximum Gasteiger partial charge on any atom is 0.357 e.